The van der Waals surface area contributed by atoms with Gasteiger partial charge in [-0.3, -0.25) is 0 Å². The van der Waals surface area contributed by atoms with Crippen LogP contribution in [0.25, 0.3) is 0 Å². The van der Waals surface area contributed by atoms with Crippen LogP contribution in [-0.4, -0.2) is 11.1 Å². The van der Waals surface area contributed by atoms with Crippen molar-refractivity contribution in [2.75, 3.05) is 0 Å². The molecule has 218 valence electrons. The number of benzene rings is 1. The normalized spacial score (nSPS) is 44.9. The molecule has 4 N–H and O–H groups in total. The van der Waals surface area contributed by atoms with Crippen LogP contribution in [0.15, 0.2) is 30.3 Å². The van der Waals surface area contributed by atoms with E-state index in [9.17, 15) is 0 Å². The second kappa shape index (κ2) is 10.8. The minimum atomic E-state index is 0.126. The average Bonchev–Trinajstić information content (AvgIpc) is 2.85. The van der Waals surface area contributed by atoms with Gasteiger partial charge in [0.25, 0.3) is 0 Å². The minimum absolute atomic E-state index is 0.126. The Bertz CT molecular complexity index is 957. The maximum Gasteiger partial charge on any atom is 0.0170 e. The summed E-state index contributed by atoms with van der Waals surface area (Å²) in [5.41, 5.74) is 17.2. The number of rotatable bonds is 10. The highest BCUT2D eigenvalue weighted by atomic mass is 14.8. The first-order chi connectivity index (χ1) is 18.7. The lowest BCUT2D eigenvalue weighted by Gasteiger charge is -2.66. The molecule has 2 nitrogen and oxygen atoms in total. The van der Waals surface area contributed by atoms with Crippen LogP contribution in [0.2, 0.25) is 0 Å². The summed E-state index contributed by atoms with van der Waals surface area (Å²) in [6.45, 7) is 4.62. The van der Waals surface area contributed by atoms with Gasteiger partial charge in [0.05, 0.1) is 0 Å². The fourth-order valence-electron chi connectivity index (χ4n) is 12.6. The van der Waals surface area contributed by atoms with Crippen LogP contribution in [0.4, 0.5) is 0 Å². The molecule has 0 spiro atoms. The van der Waals surface area contributed by atoms with E-state index < -0.39 is 0 Å². The Morgan fingerprint density at radius 1 is 0.590 bits per heavy atom. The van der Waals surface area contributed by atoms with E-state index in [0.29, 0.717) is 16.2 Å². The molecule has 8 aliphatic carbocycles. The predicted molar refractivity (Wildman–Crippen MR) is 166 cm³/mol. The summed E-state index contributed by atoms with van der Waals surface area (Å²) in [5, 5.41) is 0. The summed E-state index contributed by atoms with van der Waals surface area (Å²) in [4.78, 5) is 0. The van der Waals surface area contributed by atoms with E-state index in [4.69, 9.17) is 11.5 Å². The van der Waals surface area contributed by atoms with E-state index in [-0.39, 0.29) is 11.1 Å². The van der Waals surface area contributed by atoms with Crippen LogP contribution in [0.1, 0.15) is 154 Å². The standard InChI is InChI=1S/C21H31N.C16H29N/c1-2-3-7-10-19-11-17-12-20(14-19,16-21(22,13-17)15-19)18-8-5-4-6-9-18;1-2-3-4-5-6-15-8-13-7-14(9-15)11-16(17,10-13)12-15/h4-6,8-9,17H,2-3,7,10-16,22H2,1H3;13-14H,2-12,17H2,1H3. The van der Waals surface area contributed by atoms with Gasteiger partial charge in [-0.25, -0.2) is 0 Å². The van der Waals surface area contributed by atoms with Gasteiger partial charge in [0.15, 0.2) is 0 Å². The van der Waals surface area contributed by atoms with Crippen molar-refractivity contribution in [3.8, 4) is 0 Å². The van der Waals surface area contributed by atoms with Crippen LogP contribution in [-0.2, 0) is 5.41 Å². The summed E-state index contributed by atoms with van der Waals surface area (Å²) < 4.78 is 0. The van der Waals surface area contributed by atoms with Crippen LogP contribution in [0.5, 0.6) is 0 Å². The second-order valence-electron chi connectivity index (χ2n) is 16.6. The van der Waals surface area contributed by atoms with Crippen molar-refractivity contribution in [3.63, 3.8) is 0 Å². The lowest BCUT2D eigenvalue weighted by atomic mass is 9.40. The van der Waals surface area contributed by atoms with E-state index in [1.165, 1.54) is 135 Å². The third-order valence-corrected chi connectivity index (χ3v) is 12.7. The summed E-state index contributed by atoms with van der Waals surface area (Å²) in [5.74, 6) is 2.86. The maximum absolute atomic E-state index is 6.93. The Hall–Kier alpha value is -0.860. The lowest BCUT2D eigenvalue weighted by Crippen LogP contribution is -2.65. The van der Waals surface area contributed by atoms with E-state index in [1.807, 2.05) is 0 Å². The van der Waals surface area contributed by atoms with Gasteiger partial charge >= 0.3 is 0 Å². The zero-order valence-electron chi connectivity index (χ0n) is 25.6. The molecule has 8 fully saturated rings. The molecule has 6 atom stereocenters. The highest BCUT2D eigenvalue weighted by molar-refractivity contribution is 5.33. The van der Waals surface area contributed by atoms with Crippen LogP contribution in [0, 0.1) is 28.6 Å². The quantitative estimate of drug-likeness (QED) is 0.295. The molecular weight excluding hydrogens is 472 g/mol. The molecular formula is C37H60N2. The van der Waals surface area contributed by atoms with Crippen molar-refractivity contribution in [2.45, 2.75) is 165 Å². The summed E-state index contributed by atoms with van der Waals surface area (Å²) >= 11 is 0. The van der Waals surface area contributed by atoms with Gasteiger partial charge in [-0.2, -0.15) is 0 Å². The van der Waals surface area contributed by atoms with Crippen LogP contribution < -0.4 is 11.5 Å². The first-order valence-corrected chi connectivity index (χ1v) is 17.3. The number of unbranched alkanes of at least 4 members (excludes halogenated alkanes) is 5. The van der Waals surface area contributed by atoms with Crippen LogP contribution >= 0.6 is 0 Å². The van der Waals surface area contributed by atoms with Crippen molar-refractivity contribution in [3.05, 3.63) is 35.9 Å². The molecule has 0 aromatic heterocycles. The highest BCUT2D eigenvalue weighted by Crippen LogP contribution is 2.67. The lowest BCUT2D eigenvalue weighted by molar-refractivity contribution is -0.0901. The second-order valence-corrected chi connectivity index (χ2v) is 16.6. The smallest absolute Gasteiger partial charge is 0.0170 e. The molecule has 6 unspecified atom stereocenters. The van der Waals surface area contributed by atoms with Gasteiger partial charge in [0.2, 0.25) is 0 Å². The zero-order valence-corrected chi connectivity index (χ0v) is 25.6. The van der Waals surface area contributed by atoms with Gasteiger partial charge in [-0.1, -0.05) is 89.1 Å². The number of nitrogens with two attached hydrogens (primary N) is 2. The molecule has 0 heterocycles. The van der Waals surface area contributed by atoms with Gasteiger partial charge < -0.3 is 11.5 Å². The Labute approximate surface area is 240 Å². The average molecular weight is 533 g/mol. The van der Waals surface area contributed by atoms with Crippen molar-refractivity contribution >= 4 is 0 Å². The Kier molecular flexibility index (Phi) is 7.80. The zero-order chi connectivity index (χ0) is 27.2. The third-order valence-electron chi connectivity index (χ3n) is 12.7. The van der Waals surface area contributed by atoms with Crippen molar-refractivity contribution in [1.82, 2.24) is 0 Å². The van der Waals surface area contributed by atoms with Gasteiger partial charge in [0.1, 0.15) is 0 Å². The minimum Gasteiger partial charge on any atom is -0.325 e. The number of hydrogen-bond donors (Lipinski definition) is 2. The Morgan fingerprint density at radius 2 is 1.18 bits per heavy atom. The highest BCUT2D eigenvalue weighted by Gasteiger charge is 2.62. The van der Waals surface area contributed by atoms with Gasteiger partial charge in [-0.15, -0.1) is 0 Å². The molecule has 39 heavy (non-hydrogen) atoms. The van der Waals surface area contributed by atoms with Crippen molar-refractivity contribution in [1.29, 1.82) is 0 Å². The van der Waals surface area contributed by atoms with E-state index in [1.54, 1.807) is 5.56 Å². The summed E-state index contributed by atoms with van der Waals surface area (Å²) in [6, 6.07) is 11.3. The predicted octanol–water partition coefficient (Wildman–Crippen LogP) is 9.44. The first-order valence-electron chi connectivity index (χ1n) is 17.3. The van der Waals surface area contributed by atoms with E-state index >= 15 is 0 Å². The largest absolute Gasteiger partial charge is 0.325 e. The Balaban J connectivity index is 0.000000147. The molecule has 9 rings (SSSR count). The van der Waals surface area contributed by atoms with Crippen LogP contribution in [0.3, 0.4) is 0 Å². The summed E-state index contributed by atoms with van der Waals surface area (Å²) in [7, 11) is 0. The van der Waals surface area contributed by atoms with Gasteiger partial charge in [0, 0.05) is 11.1 Å². The Morgan fingerprint density at radius 3 is 1.85 bits per heavy atom. The van der Waals surface area contributed by atoms with Crippen molar-refractivity contribution in [2.24, 2.45) is 40.1 Å². The molecule has 8 bridgehead atoms. The molecule has 8 saturated carbocycles. The first kappa shape index (κ1) is 28.3. The maximum atomic E-state index is 6.93. The van der Waals surface area contributed by atoms with Gasteiger partial charge in [-0.05, 0) is 129 Å². The molecule has 0 aliphatic heterocycles. The fourth-order valence-corrected chi connectivity index (χ4v) is 12.6. The molecule has 2 heteroatoms. The molecule has 0 saturated heterocycles. The van der Waals surface area contributed by atoms with E-state index in [2.05, 4.69) is 44.2 Å². The molecule has 0 amide bonds. The topological polar surface area (TPSA) is 52.0 Å². The summed E-state index contributed by atoms with van der Waals surface area (Å²) in [6.07, 6.45) is 29.4. The third kappa shape index (κ3) is 5.77. The molecule has 1 aromatic carbocycles. The fraction of sp³-hybridized carbons (Fsp3) is 0.838. The molecule has 1 aromatic rings. The monoisotopic (exact) mass is 532 g/mol. The SMILES string of the molecule is CCCCCC12CC3CC(N)(C1)CC(c1ccccc1)(C3)C2.CCCCCCC12CC3CC(CC(N)(C3)C1)C2. The number of hydrogen-bond acceptors (Lipinski definition) is 2. The molecule has 0 radical (unpaired) electrons. The van der Waals surface area contributed by atoms with E-state index in [0.717, 1.165) is 17.8 Å². The molecule has 8 aliphatic rings. The van der Waals surface area contributed by atoms with Crippen molar-refractivity contribution < 1.29 is 0 Å².